The molecule has 0 radical (unpaired) electrons. The van der Waals surface area contributed by atoms with Crippen LogP contribution in [0.3, 0.4) is 0 Å². The lowest BCUT2D eigenvalue weighted by atomic mass is 10.2. The summed E-state index contributed by atoms with van der Waals surface area (Å²) in [5.74, 6) is 1.93. The summed E-state index contributed by atoms with van der Waals surface area (Å²) in [5.41, 5.74) is 1.04. The predicted molar refractivity (Wildman–Crippen MR) is 92.8 cm³/mol. The van der Waals surface area contributed by atoms with Crippen LogP contribution < -0.4 is 9.80 Å². The van der Waals surface area contributed by atoms with Gasteiger partial charge < -0.3 is 14.7 Å². The second-order valence-electron chi connectivity index (χ2n) is 5.83. The number of likely N-dealkylation sites (N-methyl/N-ethyl adjacent to an activating group) is 1. The van der Waals surface area contributed by atoms with Crippen molar-refractivity contribution in [3.63, 3.8) is 0 Å². The van der Waals surface area contributed by atoms with Crippen molar-refractivity contribution in [2.45, 2.75) is 13.8 Å². The van der Waals surface area contributed by atoms with E-state index in [1.165, 1.54) is 0 Å². The molecular formula is C17H25N5. The van der Waals surface area contributed by atoms with E-state index in [4.69, 9.17) is 9.97 Å². The number of hydrogen-bond donors (Lipinski definition) is 0. The van der Waals surface area contributed by atoms with Crippen LogP contribution >= 0.6 is 0 Å². The molecule has 0 amide bonds. The van der Waals surface area contributed by atoms with Crippen LogP contribution in [0.1, 0.15) is 13.8 Å². The number of nitrogens with zero attached hydrogens (tertiary/aromatic N) is 5. The Hall–Kier alpha value is -1.88. The minimum Gasteiger partial charge on any atom is -0.356 e. The van der Waals surface area contributed by atoms with Gasteiger partial charge in [0.25, 0.3) is 0 Å². The molecule has 1 aromatic heterocycles. The number of piperazine rings is 1. The van der Waals surface area contributed by atoms with Gasteiger partial charge in [-0.05, 0) is 33.0 Å². The van der Waals surface area contributed by atoms with E-state index in [1.807, 2.05) is 0 Å². The molecule has 1 saturated heterocycles. The van der Waals surface area contributed by atoms with E-state index < -0.39 is 0 Å². The number of benzene rings is 1. The first-order chi connectivity index (χ1) is 10.7. The SMILES string of the molecule is CCN(CC)c1nc(N2CCN(C)CC2)nc2ccccc12. The van der Waals surface area contributed by atoms with Crippen LogP contribution in [0, 0.1) is 0 Å². The molecule has 0 bridgehead atoms. The number of para-hydroxylation sites is 1. The van der Waals surface area contributed by atoms with E-state index in [0.29, 0.717) is 0 Å². The summed E-state index contributed by atoms with van der Waals surface area (Å²) < 4.78 is 0. The molecule has 1 aliphatic rings. The van der Waals surface area contributed by atoms with Crippen LogP contribution in [0.25, 0.3) is 10.9 Å². The Kier molecular flexibility index (Phi) is 4.43. The molecule has 2 aromatic rings. The first kappa shape index (κ1) is 15.0. The molecule has 5 nitrogen and oxygen atoms in total. The van der Waals surface area contributed by atoms with Crippen molar-refractivity contribution in [1.82, 2.24) is 14.9 Å². The molecule has 2 heterocycles. The molecule has 0 saturated carbocycles. The number of rotatable bonds is 4. The summed E-state index contributed by atoms with van der Waals surface area (Å²) in [6.07, 6.45) is 0. The first-order valence-corrected chi connectivity index (χ1v) is 8.18. The molecule has 0 unspecified atom stereocenters. The van der Waals surface area contributed by atoms with Gasteiger partial charge in [-0.25, -0.2) is 4.98 Å². The third-order valence-electron chi connectivity index (χ3n) is 4.42. The first-order valence-electron chi connectivity index (χ1n) is 8.18. The average Bonchev–Trinajstić information content (AvgIpc) is 2.56. The van der Waals surface area contributed by atoms with Crippen LogP contribution in [-0.2, 0) is 0 Å². The fraction of sp³-hybridized carbons (Fsp3) is 0.529. The fourth-order valence-electron chi connectivity index (χ4n) is 2.96. The Morgan fingerprint density at radius 1 is 1.00 bits per heavy atom. The Morgan fingerprint density at radius 3 is 2.36 bits per heavy atom. The molecule has 118 valence electrons. The molecule has 0 N–H and O–H groups in total. The normalized spacial score (nSPS) is 16.2. The third kappa shape index (κ3) is 2.86. The van der Waals surface area contributed by atoms with Crippen LogP contribution in [0.15, 0.2) is 24.3 Å². The van der Waals surface area contributed by atoms with Crippen molar-refractivity contribution in [3.05, 3.63) is 24.3 Å². The van der Waals surface area contributed by atoms with Gasteiger partial charge in [-0.15, -0.1) is 0 Å². The fourth-order valence-corrected chi connectivity index (χ4v) is 2.96. The number of aromatic nitrogens is 2. The third-order valence-corrected chi connectivity index (χ3v) is 4.42. The van der Waals surface area contributed by atoms with E-state index >= 15 is 0 Å². The zero-order chi connectivity index (χ0) is 15.5. The highest BCUT2D eigenvalue weighted by Crippen LogP contribution is 2.26. The molecular weight excluding hydrogens is 274 g/mol. The highest BCUT2D eigenvalue weighted by molar-refractivity contribution is 5.90. The van der Waals surface area contributed by atoms with Crippen LogP contribution in [0.4, 0.5) is 11.8 Å². The molecule has 1 aromatic carbocycles. The van der Waals surface area contributed by atoms with Gasteiger partial charge >= 0.3 is 0 Å². The Bertz CT molecular complexity index is 630. The quantitative estimate of drug-likeness (QED) is 0.865. The van der Waals surface area contributed by atoms with Gasteiger partial charge in [-0.2, -0.15) is 4.98 Å². The number of fused-ring (bicyclic) bond motifs is 1. The van der Waals surface area contributed by atoms with Crippen molar-refractivity contribution >= 4 is 22.7 Å². The zero-order valence-corrected chi connectivity index (χ0v) is 13.8. The van der Waals surface area contributed by atoms with Crippen LogP contribution in [-0.4, -0.2) is 61.2 Å². The molecule has 1 fully saturated rings. The number of anilines is 2. The lowest BCUT2D eigenvalue weighted by molar-refractivity contribution is 0.311. The molecule has 0 atom stereocenters. The number of hydrogen-bond acceptors (Lipinski definition) is 5. The maximum Gasteiger partial charge on any atom is 0.227 e. The average molecular weight is 299 g/mol. The van der Waals surface area contributed by atoms with Gasteiger partial charge in [0.15, 0.2) is 0 Å². The molecule has 0 spiro atoms. The maximum atomic E-state index is 4.91. The summed E-state index contributed by atoms with van der Waals surface area (Å²) in [4.78, 5) is 16.7. The van der Waals surface area contributed by atoms with Crippen molar-refractivity contribution in [2.24, 2.45) is 0 Å². The zero-order valence-electron chi connectivity index (χ0n) is 13.8. The minimum atomic E-state index is 0.869. The van der Waals surface area contributed by atoms with Crippen LogP contribution in [0.2, 0.25) is 0 Å². The van der Waals surface area contributed by atoms with Gasteiger partial charge in [-0.1, -0.05) is 12.1 Å². The van der Waals surface area contributed by atoms with Gasteiger partial charge in [0.05, 0.1) is 5.52 Å². The molecule has 3 rings (SSSR count). The lowest BCUT2D eigenvalue weighted by Gasteiger charge is -2.33. The molecule has 1 aliphatic heterocycles. The van der Waals surface area contributed by atoms with E-state index in [0.717, 1.165) is 61.9 Å². The topological polar surface area (TPSA) is 35.5 Å². The summed E-state index contributed by atoms with van der Waals surface area (Å²) in [6, 6.07) is 8.32. The second-order valence-corrected chi connectivity index (χ2v) is 5.83. The smallest absolute Gasteiger partial charge is 0.227 e. The van der Waals surface area contributed by atoms with E-state index in [-0.39, 0.29) is 0 Å². The highest BCUT2D eigenvalue weighted by atomic mass is 15.3. The monoisotopic (exact) mass is 299 g/mol. The highest BCUT2D eigenvalue weighted by Gasteiger charge is 2.19. The minimum absolute atomic E-state index is 0.869. The van der Waals surface area contributed by atoms with Gasteiger partial charge in [0.2, 0.25) is 5.95 Å². The van der Waals surface area contributed by atoms with Gasteiger partial charge in [0, 0.05) is 44.7 Å². The Balaban J connectivity index is 2.04. The van der Waals surface area contributed by atoms with E-state index in [9.17, 15) is 0 Å². The standard InChI is InChI=1S/C17H25N5/c1-4-21(5-2)16-14-8-6-7-9-15(14)18-17(19-16)22-12-10-20(3)11-13-22/h6-9H,4-5,10-13H2,1-3H3. The van der Waals surface area contributed by atoms with Crippen LogP contribution in [0.5, 0.6) is 0 Å². The molecule has 22 heavy (non-hydrogen) atoms. The lowest BCUT2D eigenvalue weighted by Crippen LogP contribution is -2.45. The second kappa shape index (κ2) is 6.48. The summed E-state index contributed by atoms with van der Waals surface area (Å²) >= 11 is 0. The van der Waals surface area contributed by atoms with E-state index in [1.54, 1.807) is 0 Å². The Morgan fingerprint density at radius 2 is 1.68 bits per heavy atom. The van der Waals surface area contributed by atoms with Crippen molar-refractivity contribution in [2.75, 3.05) is 56.1 Å². The Labute approximate surface area is 132 Å². The predicted octanol–water partition coefficient (Wildman–Crippen LogP) is 2.23. The molecule has 5 heteroatoms. The van der Waals surface area contributed by atoms with Crippen molar-refractivity contribution in [3.8, 4) is 0 Å². The summed E-state index contributed by atoms with van der Waals surface area (Å²) in [5, 5.41) is 1.14. The molecule has 0 aliphatic carbocycles. The van der Waals surface area contributed by atoms with Crippen molar-refractivity contribution in [1.29, 1.82) is 0 Å². The maximum absolute atomic E-state index is 4.91. The largest absolute Gasteiger partial charge is 0.356 e. The van der Waals surface area contributed by atoms with Gasteiger partial charge in [0.1, 0.15) is 5.82 Å². The van der Waals surface area contributed by atoms with Gasteiger partial charge in [-0.3, -0.25) is 0 Å². The van der Waals surface area contributed by atoms with Crippen molar-refractivity contribution < 1.29 is 0 Å². The summed E-state index contributed by atoms with van der Waals surface area (Å²) in [7, 11) is 2.17. The van der Waals surface area contributed by atoms with E-state index in [2.05, 4.69) is 59.9 Å². The summed E-state index contributed by atoms with van der Waals surface area (Å²) in [6.45, 7) is 10.4.